The Morgan fingerprint density at radius 2 is 2.03 bits per heavy atom. The number of morpholine rings is 1. The van der Waals surface area contributed by atoms with Crippen LogP contribution in [-0.4, -0.2) is 59.8 Å². The van der Waals surface area contributed by atoms with Crippen LogP contribution in [0, 0.1) is 19.8 Å². The van der Waals surface area contributed by atoms with Crippen LogP contribution in [0.5, 0.6) is 0 Å². The number of pyridine rings is 1. The van der Waals surface area contributed by atoms with Gasteiger partial charge in [-0.05, 0) is 25.8 Å². The van der Waals surface area contributed by atoms with Gasteiger partial charge >= 0.3 is 0 Å². The van der Waals surface area contributed by atoms with Gasteiger partial charge in [0.25, 0.3) is 11.6 Å². The lowest BCUT2D eigenvalue weighted by Crippen LogP contribution is -2.48. The molecule has 31 heavy (non-hydrogen) atoms. The summed E-state index contributed by atoms with van der Waals surface area (Å²) in [7, 11) is 0. The lowest BCUT2D eigenvalue weighted by Gasteiger charge is -2.33. The topological polar surface area (TPSA) is 80.5 Å². The number of rotatable bonds is 6. The first kappa shape index (κ1) is 21.5. The van der Waals surface area contributed by atoms with Crippen molar-refractivity contribution in [2.45, 2.75) is 33.8 Å². The number of nitrogens with one attached hydrogen (secondary N) is 1. The molecule has 7 nitrogen and oxygen atoms in total. The van der Waals surface area contributed by atoms with Crippen LogP contribution in [0.2, 0.25) is 0 Å². The molecule has 0 bridgehead atoms. The standard InChI is InChI=1S/C24H30N4O3/c1-15(2)13-28-9-10-30-19(14-28)12-25-23(29)20-11-21(18-7-5-16(3)6-8-18)26-24-22(20)17(4)27-31-24/h5-8,11,15,19H,9-10,12-14H2,1-4H3,(H,25,29). The van der Waals surface area contributed by atoms with Crippen molar-refractivity contribution in [3.63, 3.8) is 0 Å². The first-order valence-electron chi connectivity index (χ1n) is 10.9. The van der Waals surface area contributed by atoms with Gasteiger partial charge in [-0.2, -0.15) is 0 Å². The van der Waals surface area contributed by atoms with Crippen LogP contribution in [-0.2, 0) is 4.74 Å². The maximum absolute atomic E-state index is 13.2. The molecule has 1 fully saturated rings. The molecule has 1 N–H and O–H groups in total. The molecule has 0 saturated carbocycles. The van der Waals surface area contributed by atoms with Gasteiger partial charge < -0.3 is 14.6 Å². The first-order valence-corrected chi connectivity index (χ1v) is 10.9. The van der Waals surface area contributed by atoms with Crippen molar-refractivity contribution < 1.29 is 14.1 Å². The van der Waals surface area contributed by atoms with Crippen molar-refractivity contribution in [1.29, 1.82) is 0 Å². The number of carbonyl (C=O) groups excluding carboxylic acids is 1. The van der Waals surface area contributed by atoms with Gasteiger partial charge in [-0.25, -0.2) is 4.98 Å². The molecule has 3 aromatic rings. The average Bonchev–Trinajstić information content (AvgIpc) is 3.12. The summed E-state index contributed by atoms with van der Waals surface area (Å²) in [6, 6.07) is 9.85. The molecule has 3 heterocycles. The number of nitrogens with zero attached hydrogens (tertiary/aromatic N) is 3. The van der Waals surface area contributed by atoms with Crippen molar-refractivity contribution in [2.24, 2.45) is 5.92 Å². The molecule has 1 aliphatic rings. The Labute approximate surface area is 182 Å². The number of hydrogen-bond donors (Lipinski definition) is 1. The molecule has 1 aromatic carbocycles. The number of amides is 1. The quantitative estimate of drug-likeness (QED) is 0.654. The molecule has 0 aliphatic carbocycles. The van der Waals surface area contributed by atoms with Crippen molar-refractivity contribution >= 4 is 17.0 Å². The Balaban J connectivity index is 1.54. The van der Waals surface area contributed by atoms with Gasteiger partial charge in [0.15, 0.2) is 0 Å². The van der Waals surface area contributed by atoms with E-state index in [-0.39, 0.29) is 12.0 Å². The van der Waals surface area contributed by atoms with Crippen LogP contribution in [0.25, 0.3) is 22.4 Å². The van der Waals surface area contributed by atoms with E-state index in [2.05, 4.69) is 34.2 Å². The summed E-state index contributed by atoms with van der Waals surface area (Å²) in [5.41, 5.74) is 4.32. The predicted octanol–water partition coefficient (Wildman–Crippen LogP) is 3.59. The second kappa shape index (κ2) is 9.16. The maximum atomic E-state index is 13.2. The Morgan fingerprint density at radius 3 is 2.77 bits per heavy atom. The van der Waals surface area contributed by atoms with Crippen molar-refractivity contribution in [2.75, 3.05) is 32.8 Å². The van der Waals surface area contributed by atoms with E-state index in [4.69, 9.17) is 9.26 Å². The predicted molar refractivity (Wildman–Crippen MR) is 120 cm³/mol. The van der Waals surface area contributed by atoms with E-state index in [1.54, 1.807) is 0 Å². The highest BCUT2D eigenvalue weighted by Crippen LogP contribution is 2.27. The summed E-state index contributed by atoms with van der Waals surface area (Å²) >= 11 is 0. The van der Waals surface area contributed by atoms with Crippen LogP contribution >= 0.6 is 0 Å². The van der Waals surface area contributed by atoms with Crippen molar-refractivity contribution in [3.05, 3.63) is 47.2 Å². The molecule has 0 spiro atoms. The second-order valence-electron chi connectivity index (χ2n) is 8.73. The summed E-state index contributed by atoms with van der Waals surface area (Å²) in [5.74, 6) is 0.437. The van der Waals surface area contributed by atoms with E-state index in [9.17, 15) is 4.79 Å². The first-order chi connectivity index (χ1) is 14.9. The average molecular weight is 423 g/mol. The summed E-state index contributed by atoms with van der Waals surface area (Å²) in [4.78, 5) is 20.2. The summed E-state index contributed by atoms with van der Waals surface area (Å²) in [6.07, 6.45) is -0.0195. The minimum absolute atomic E-state index is 0.0195. The third-order valence-electron chi connectivity index (χ3n) is 5.55. The van der Waals surface area contributed by atoms with E-state index >= 15 is 0 Å². The van der Waals surface area contributed by atoms with E-state index in [0.29, 0.717) is 47.1 Å². The monoisotopic (exact) mass is 422 g/mol. The number of ether oxygens (including phenoxy) is 1. The molecule has 164 valence electrons. The van der Waals surface area contributed by atoms with Gasteiger partial charge in [-0.3, -0.25) is 9.69 Å². The van der Waals surface area contributed by atoms with E-state index in [1.165, 1.54) is 0 Å². The molecule has 1 atom stereocenters. The molecular weight excluding hydrogens is 392 g/mol. The molecule has 4 rings (SSSR count). The fourth-order valence-electron chi connectivity index (χ4n) is 4.03. The minimum atomic E-state index is -0.170. The number of benzene rings is 1. The Morgan fingerprint density at radius 1 is 1.26 bits per heavy atom. The molecule has 2 aromatic heterocycles. The Kier molecular flexibility index (Phi) is 6.34. The van der Waals surface area contributed by atoms with Gasteiger partial charge in [0.05, 0.1) is 35.0 Å². The summed E-state index contributed by atoms with van der Waals surface area (Å²) in [5, 5.41) is 7.73. The number of aromatic nitrogens is 2. The Hall–Kier alpha value is -2.77. The Bertz CT molecular complexity index is 1060. The lowest BCUT2D eigenvalue weighted by atomic mass is 10.0. The third-order valence-corrected chi connectivity index (χ3v) is 5.55. The zero-order chi connectivity index (χ0) is 22.0. The van der Waals surface area contributed by atoms with Crippen LogP contribution < -0.4 is 5.32 Å². The van der Waals surface area contributed by atoms with Gasteiger partial charge in [0.2, 0.25) is 0 Å². The SMILES string of the molecule is Cc1ccc(-c2cc(C(=O)NCC3CN(CC(C)C)CCO3)c3c(C)noc3n2)cc1. The fraction of sp³-hybridized carbons (Fsp3) is 0.458. The van der Waals surface area contributed by atoms with Crippen LogP contribution in [0.15, 0.2) is 34.9 Å². The van der Waals surface area contributed by atoms with Gasteiger partial charge in [0, 0.05) is 31.7 Å². The van der Waals surface area contributed by atoms with Gasteiger partial charge in [-0.15, -0.1) is 0 Å². The summed E-state index contributed by atoms with van der Waals surface area (Å²) in [6.45, 7) is 12.2. The smallest absolute Gasteiger partial charge is 0.259 e. The number of fused-ring (bicyclic) bond motifs is 1. The molecule has 7 heteroatoms. The highest BCUT2D eigenvalue weighted by Gasteiger charge is 2.23. The second-order valence-corrected chi connectivity index (χ2v) is 8.73. The largest absolute Gasteiger partial charge is 0.374 e. The summed E-state index contributed by atoms with van der Waals surface area (Å²) < 4.78 is 11.3. The number of aryl methyl sites for hydroxylation is 2. The van der Waals surface area contributed by atoms with Crippen molar-refractivity contribution in [3.8, 4) is 11.3 Å². The van der Waals surface area contributed by atoms with Gasteiger partial charge in [0.1, 0.15) is 0 Å². The molecular formula is C24H30N4O3. The lowest BCUT2D eigenvalue weighted by molar-refractivity contribution is -0.0295. The van der Waals surface area contributed by atoms with E-state index < -0.39 is 0 Å². The highest BCUT2D eigenvalue weighted by atomic mass is 16.5. The molecule has 0 radical (unpaired) electrons. The van der Waals surface area contributed by atoms with Crippen LogP contribution in [0.1, 0.15) is 35.5 Å². The van der Waals surface area contributed by atoms with Crippen LogP contribution in [0.3, 0.4) is 0 Å². The highest BCUT2D eigenvalue weighted by molar-refractivity contribution is 6.07. The van der Waals surface area contributed by atoms with Crippen LogP contribution in [0.4, 0.5) is 0 Å². The zero-order valence-electron chi connectivity index (χ0n) is 18.6. The normalized spacial score (nSPS) is 17.4. The minimum Gasteiger partial charge on any atom is -0.374 e. The molecule has 1 saturated heterocycles. The fourth-order valence-corrected chi connectivity index (χ4v) is 4.03. The molecule has 1 aliphatic heterocycles. The molecule has 1 unspecified atom stereocenters. The maximum Gasteiger partial charge on any atom is 0.259 e. The van der Waals surface area contributed by atoms with Crippen molar-refractivity contribution in [1.82, 2.24) is 20.4 Å². The van der Waals surface area contributed by atoms with E-state index in [1.807, 2.05) is 44.2 Å². The zero-order valence-corrected chi connectivity index (χ0v) is 18.6. The number of hydrogen-bond acceptors (Lipinski definition) is 6. The number of carbonyl (C=O) groups is 1. The third kappa shape index (κ3) is 4.94. The molecule has 1 amide bonds. The van der Waals surface area contributed by atoms with Gasteiger partial charge in [-0.1, -0.05) is 48.8 Å². The van der Waals surface area contributed by atoms with E-state index in [0.717, 1.165) is 30.8 Å².